The Balaban J connectivity index is 2.35. The highest BCUT2D eigenvalue weighted by Crippen LogP contribution is 2.38. The van der Waals surface area contributed by atoms with Crippen LogP contribution >= 0.6 is 0 Å². The second-order valence-electron chi connectivity index (χ2n) is 4.97. The van der Waals surface area contributed by atoms with Gasteiger partial charge in [-0.05, 0) is 19.1 Å². The molecule has 2 aromatic carbocycles. The van der Waals surface area contributed by atoms with Crippen molar-refractivity contribution in [1.29, 1.82) is 0 Å². The van der Waals surface area contributed by atoms with Crippen LogP contribution in [0.25, 0.3) is 6.08 Å². The molecule has 22 heavy (non-hydrogen) atoms. The molecule has 0 amide bonds. The first-order valence-corrected chi connectivity index (χ1v) is 6.85. The van der Waals surface area contributed by atoms with Crippen LogP contribution in [-0.2, 0) is 0 Å². The maximum Gasteiger partial charge on any atom is 0.198 e. The van der Waals surface area contributed by atoms with Crippen LogP contribution in [0.1, 0.15) is 44.3 Å². The van der Waals surface area contributed by atoms with Crippen LogP contribution in [0.4, 0.5) is 0 Å². The molecule has 0 aromatic heterocycles. The molecule has 1 aliphatic rings. The van der Waals surface area contributed by atoms with E-state index in [-0.39, 0.29) is 39.6 Å². The highest BCUT2D eigenvalue weighted by molar-refractivity contribution is 6.30. The van der Waals surface area contributed by atoms with Crippen LogP contribution < -0.4 is 4.74 Å². The number of rotatable bonds is 2. The van der Waals surface area contributed by atoms with E-state index >= 15 is 0 Å². The lowest BCUT2D eigenvalue weighted by Gasteiger charge is -2.21. The predicted molar refractivity (Wildman–Crippen MR) is 82.7 cm³/mol. The normalized spacial score (nSPS) is 13.2. The van der Waals surface area contributed by atoms with Crippen molar-refractivity contribution in [2.45, 2.75) is 6.92 Å². The summed E-state index contributed by atoms with van der Waals surface area (Å²) in [4.78, 5) is 25.4. The number of methoxy groups -OCH3 is 1. The highest BCUT2D eigenvalue weighted by atomic mass is 16.5. The maximum absolute atomic E-state index is 12.8. The maximum atomic E-state index is 12.8. The van der Waals surface area contributed by atoms with Gasteiger partial charge >= 0.3 is 0 Å². The van der Waals surface area contributed by atoms with Gasteiger partial charge in [0.05, 0.1) is 18.2 Å². The number of hydrogen-bond acceptors (Lipinski definition) is 4. The van der Waals surface area contributed by atoms with Gasteiger partial charge in [-0.15, -0.1) is 0 Å². The molecule has 0 spiro atoms. The summed E-state index contributed by atoms with van der Waals surface area (Å²) in [7, 11) is 1.47. The molecule has 1 aliphatic carbocycles. The molecule has 3 rings (SSSR count). The SMILES string of the molecule is C/C=C/c1ccc2c(c1OC)C(=O)c1cccc(O)c1C2=O. The third-order valence-corrected chi connectivity index (χ3v) is 3.72. The zero-order valence-electron chi connectivity index (χ0n) is 12.2. The Kier molecular flexibility index (Phi) is 3.29. The molecule has 0 bridgehead atoms. The van der Waals surface area contributed by atoms with E-state index in [1.807, 2.05) is 19.1 Å². The molecule has 0 radical (unpaired) electrons. The van der Waals surface area contributed by atoms with Crippen LogP contribution in [0.5, 0.6) is 11.5 Å². The summed E-state index contributed by atoms with van der Waals surface area (Å²) in [5.41, 5.74) is 1.49. The van der Waals surface area contributed by atoms with Crippen LogP contribution in [-0.4, -0.2) is 23.8 Å². The molecule has 110 valence electrons. The van der Waals surface area contributed by atoms with E-state index < -0.39 is 0 Å². The molecule has 1 N–H and O–H groups in total. The molecule has 0 heterocycles. The van der Waals surface area contributed by atoms with Crippen LogP contribution in [0.2, 0.25) is 0 Å². The topological polar surface area (TPSA) is 63.6 Å². The Morgan fingerprint density at radius 3 is 2.36 bits per heavy atom. The third-order valence-electron chi connectivity index (χ3n) is 3.72. The average Bonchev–Trinajstić information content (AvgIpc) is 2.52. The summed E-state index contributed by atoms with van der Waals surface area (Å²) in [6.45, 7) is 1.86. The van der Waals surface area contributed by atoms with Gasteiger partial charge in [0.1, 0.15) is 11.5 Å². The van der Waals surface area contributed by atoms with E-state index in [2.05, 4.69) is 0 Å². The fourth-order valence-electron chi connectivity index (χ4n) is 2.78. The molecule has 0 unspecified atom stereocenters. The number of aromatic hydroxyl groups is 1. The molecule has 0 atom stereocenters. The molecule has 0 aliphatic heterocycles. The van der Waals surface area contributed by atoms with Gasteiger partial charge in [0.2, 0.25) is 0 Å². The van der Waals surface area contributed by atoms with Crippen LogP contribution in [0, 0.1) is 0 Å². The number of ketones is 2. The number of benzene rings is 2. The van der Waals surface area contributed by atoms with Gasteiger partial charge < -0.3 is 9.84 Å². The Morgan fingerprint density at radius 2 is 1.68 bits per heavy atom. The minimum atomic E-state index is -0.368. The standard InChI is InChI=1S/C18H14O4/c1-3-5-10-8-9-12-15(18(10)22-2)17(21)11-6-4-7-13(19)14(11)16(12)20/h3-9,19H,1-2H3/b5-3+. The number of hydrogen-bond donors (Lipinski definition) is 1. The molecular formula is C18H14O4. The highest BCUT2D eigenvalue weighted by Gasteiger charge is 2.34. The van der Waals surface area contributed by atoms with Crippen LogP contribution in [0.15, 0.2) is 36.4 Å². The summed E-state index contributed by atoms with van der Waals surface area (Å²) in [6, 6.07) is 7.82. The van der Waals surface area contributed by atoms with Gasteiger partial charge in [0.15, 0.2) is 11.6 Å². The van der Waals surface area contributed by atoms with Crippen molar-refractivity contribution in [1.82, 2.24) is 0 Å². The van der Waals surface area contributed by atoms with Gasteiger partial charge in [-0.3, -0.25) is 9.59 Å². The molecule has 0 saturated carbocycles. The van der Waals surface area contributed by atoms with Gasteiger partial charge in [0, 0.05) is 16.7 Å². The first-order chi connectivity index (χ1) is 10.6. The lowest BCUT2D eigenvalue weighted by Crippen LogP contribution is -2.22. The fraction of sp³-hybridized carbons (Fsp3) is 0.111. The van der Waals surface area contributed by atoms with Crippen molar-refractivity contribution in [3.05, 3.63) is 64.2 Å². The number of allylic oxidation sites excluding steroid dienone is 1. The zero-order valence-corrected chi connectivity index (χ0v) is 12.2. The quantitative estimate of drug-likeness (QED) is 0.788. The molecular weight excluding hydrogens is 280 g/mol. The third kappa shape index (κ3) is 1.84. The van der Waals surface area contributed by atoms with E-state index in [9.17, 15) is 14.7 Å². The lowest BCUT2D eigenvalue weighted by atomic mass is 9.82. The number of ether oxygens (including phenoxy) is 1. The van der Waals surface area contributed by atoms with E-state index in [1.54, 1.807) is 24.3 Å². The Labute approximate surface area is 127 Å². The molecule has 0 fully saturated rings. The van der Waals surface area contributed by atoms with Crippen LogP contribution in [0.3, 0.4) is 0 Å². The summed E-state index contributed by atoms with van der Waals surface area (Å²) in [5, 5.41) is 9.92. The van der Waals surface area contributed by atoms with Gasteiger partial charge in [0.25, 0.3) is 0 Å². The minimum Gasteiger partial charge on any atom is -0.507 e. The van der Waals surface area contributed by atoms with E-state index in [0.717, 1.165) is 5.56 Å². The Bertz CT molecular complexity index is 831. The number of carbonyl (C=O) groups excluding carboxylic acids is 2. The van der Waals surface area contributed by atoms with Crippen molar-refractivity contribution < 1.29 is 19.4 Å². The summed E-state index contributed by atoms with van der Waals surface area (Å²) >= 11 is 0. The molecule has 0 saturated heterocycles. The first kappa shape index (κ1) is 14.1. The number of phenolic OH excluding ortho intramolecular Hbond substituents is 1. The van der Waals surface area contributed by atoms with Gasteiger partial charge in [-0.2, -0.15) is 0 Å². The van der Waals surface area contributed by atoms with Crippen molar-refractivity contribution in [3.63, 3.8) is 0 Å². The fourth-order valence-corrected chi connectivity index (χ4v) is 2.78. The number of fused-ring (bicyclic) bond motifs is 2. The second-order valence-corrected chi connectivity index (χ2v) is 4.97. The number of phenols is 1. The zero-order chi connectivity index (χ0) is 15.9. The minimum absolute atomic E-state index is 0.0563. The van der Waals surface area contributed by atoms with Crippen molar-refractivity contribution in [3.8, 4) is 11.5 Å². The smallest absolute Gasteiger partial charge is 0.198 e. The lowest BCUT2D eigenvalue weighted by molar-refractivity contribution is 0.0974. The first-order valence-electron chi connectivity index (χ1n) is 6.85. The molecule has 4 nitrogen and oxygen atoms in total. The Morgan fingerprint density at radius 1 is 1.00 bits per heavy atom. The predicted octanol–water partition coefficient (Wildman–Crippen LogP) is 3.21. The van der Waals surface area contributed by atoms with Crippen molar-refractivity contribution in [2.75, 3.05) is 7.11 Å². The van der Waals surface area contributed by atoms with Crippen molar-refractivity contribution >= 4 is 17.6 Å². The van der Waals surface area contributed by atoms with Gasteiger partial charge in [-0.1, -0.05) is 30.4 Å². The van der Waals surface area contributed by atoms with E-state index in [0.29, 0.717) is 5.75 Å². The second kappa shape index (κ2) is 5.15. The number of carbonyl (C=O) groups is 2. The van der Waals surface area contributed by atoms with E-state index in [1.165, 1.54) is 13.2 Å². The monoisotopic (exact) mass is 294 g/mol. The van der Waals surface area contributed by atoms with Gasteiger partial charge in [-0.25, -0.2) is 0 Å². The average molecular weight is 294 g/mol. The Hall–Kier alpha value is -2.88. The van der Waals surface area contributed by atoms with E-state index in [4.69, 9.17) is 4.74 Å². The van der Waals surface area contributed by atoms with Crippen molar-refractivity contribution in [2.24, 2.45) is 0 Å². The largest absolute Gasteiger partial charge is 0.507 e. The summed E-state index contributed by atoms with van der Waals surface area (Å²) in [6.07, 6.45) is 3.65. The molecule has 2 aromatic rings. The summed E-state index contributed by atoms with van der Waals surface area (Å²) < 4.78 is 5.37. The summed E-state index contributed by atoms with van der Waals surface area (Å²) in [5.74, 6) is -0.488. The molecule has 4 heteroatoms.